The van der Waals surface area contributed by atoms with Crippen molar-refractivity contribution < 1.29 is 17.9 Å². The van der Waals surface area contributed by atoms with Crippen LogP contribution >= 0.6 is 0 Å². The van der Waals surface area contributed by atoms with Crippen molar-refractivity contribution >= 4 is 21.8 Å². The molecule has 8 heteroatoms. The van der Waals surface area contributed by atoms with Gasteiger partial charge in [0.15, 0.2) is 0 Å². The standard InChI is InChI=1S/C15H19N3O4S.C2H6/c1-2-13(19)18-6-10(7-18)8-22-12-5-3-4-11-9-23(20,21)17-15(16)14(11)12;1-2/h3-5,10H,2,6-9H2,1H3,(H2,16,17);1-2H3. The van der Waals surface area contributed by atoms with Gasteiger partial charge in [0.2, 0.25) is 5.91 Å². The third-order valence-corrected chi connectivity index (χ3v) is 5.18. The second kappa shape index (κ2) is 7.86. The molecule has 1 aromatic rings. The van der Waals surface area contributed by atoms with E-state index in [1.807, 2.05) is 20.8 Å². The maximum atomic E-state index is 11.6. The summed E-state index contributed by atoms with van der Waals surface area (Å²) in [6.07, 6.45) is 0.515. The molecule has 0 saturated carbocycles. The first-order chi connectivity index (χ1) is 11.9. The highest BCUT2D eigenvalue weighted by atomic mass is 32.2. The Morgan fingerprint density at radius 1 is 1.36 bits per heavy atom. The van der Waals surface area contributed by atoms with Crippen molar-refractivity contribution in [2.75, 3.05) is 19.7 Å². The van der Waals surface area contributed by atoms with Gasteiger partial charge in [0.25, 0.3) is 10.0 Å². The predicted octanol–water partition coefficient (Wildman–Crippen LogP) is 1.51. The fourth-order valence-electron chi connectivity index (χ4n) is 2.84. The number of ether oxygens (including phenoxy) is 1. The number of likely N-dealkylation sites (tertiary alicyclic amines) is 1. The Balaban J connectivity index is 0.00000109. The number of nitrogens with zero attached hydrogens (tertiary/aromatic N) is 2. The number of benzene rings is 1. The van der Waals surface area contributed by atoms with Crippen molar-refractivity contribution in [3.63, 3.8) is 0 Å². The maximum absolute atomic E-state index is 11.6. The number of hydrogen-bond acceptors (Lipinski definition) is 5. The molecule has 0 radical (unpaired) electrons. The molecule has 0 aliphatic carbocycles. The summed E-state index contributed by atoms with van der Waals surface area (Å²) in [5.74, 6) is 0.784. The van der Waals surface area contributed by atoms with Crippen molar-refractivity contribution in [3.8, 4) is 5.75 Å². The van der Waals surface area contributed by atoms with E-state index in [1.54, 1.807) is 23.1 Å². The second-order valence-electron chi connectivity index (χ2n) is 5.82. The minimum absolute atomic E-state index is 0.0294. The van der Waals surface area contributed by atoms with Crippen LogP contribution in [-0.2, 0) is 20.6 Å². The smallest absolute Gasteiger partial charge is 0.259 e. The molecule has 3 rings (SSSR count). The number of nitrogens with two attached hydrogens (primary N) is 1. The Labute approximate surface area is 148 Å². The van der Waals surface area contributed by atoms with Crippen molar-refractivity contribution in [1.82, 2.24) is 4.90 Å². The molecule has 0 spiro atoms. The summed E-state index contributed by atoms with van der Waals surface area (Å²) >= 11 is 0. The molecule has 1 aromatic carbocycles. The zero-order valence-electron chi connectivity index (χ0n) is 14.9. The van der Waals surface area contributed by atoms with E-state index in [2.05, 4.69) is 4.40 Å². The molecule has 1 amide bonds. The fourth-order valence-corrected chi connectivity index (χ4v) is 3.93. The molecular weight excluding hydrogens is 342 g/mol. The molecule has 0 unspecified atom stereocenters. The molecule has 138 valence electrons. The van der Waals surface area contributed by atoms with Crippen molar-refractivity contribution in [2.24, 2.45) is 16.0 Å². The van der Waals surface area contributed by atoms with Crippen LogP contribution in [0.4, 0.5) is 0 Å². The van der Waals surface area contributed by atoms with E-state index in [-0.39, 0.29) is 23.4 Å². The monoisotopic (exact) mass is 367 g/mol. The summed E-state index contributed by atoms with van der Waals surface area (Å²) in [5, 5.41) is 0. The third-order valence-electron chi connectivity index (χ3n) is 4.03. The van der Waals surface area contributed by atoms with Crippen LogP contribution in [0.25, 0.3) is 0 Å². The van der Waals surface area contributed by atoms with Gasteiger partial charge >= 0.3 is 0 Å². The molecule has 2 heterocycles. The van der Waals surface area contributed by atoms with E-state index in [1.165, 1.54) is 0 Å². The van der Waals surface area contributed by atoms with Crippen molar-refractivity contribution in [3.05, 3.63) is 29.3 Å². The van der Waals surface area contributed by atoms with Gasteiger partial charge in [-0.05, 0) is 11.6 Å². The lowest BCUT2D eigenvalue weighted by atomic mass is 10.0. The van der Waals surface area contributed by atoms with Crippen LogP contribution in [0.15, 0.2) is 22.6 Å². The topological polar surface area (TPSA) is 102 Å². The minimum atomic E-state index is -3.54. The summed E-state index contributed by atoms with van der Waals surface area (Å²) in [5.41, 5.74) is 6.96. The van der Waals surface area contributed by atoms with E-state index in [0.717, 1.165) is 0 Å². The highest BCUT2D eigenvalue weighted by Gasteiger charge is 2.31. The first kappa shape index (κ1) is 19.2. The largest absolute Gasteiger partial charge is 0.492 e. The SMILES string of the molecule is CC.CCC(=O)N1CC(COc2cccc3c2C(N)=NS(=O)(=O)C3)C1. The molecule has 1 saturated heterocycles. The number of carbonyl (C=O) groups is 1. The van der Waals surface area contributed by atoms with Crippen molar-refractivity contribution in [1.29, 1.82) is 0 Å². The van der Waals surface area contributed by atoms with E-state index < -0.39 is 10.0 Å². The normalized spacial score (nSPS) is 18.2. The maximum Gasteiger partial charge on any atom is 0.259 e. The predicted molar refractivity (Wildman–Crippen MR) is 97.0 cm³/mol. The summed E-state index contributed by atoms with van der Waals surface area (Å²) in [6, 6.07) is 5.22. The van der Waals surface area contributed by atoms with Gasteiger partial charge in [0.05, 0.1) is 17.9 Å². The zero-order chi connectivity index (χ0) is 18.6. The highest BCUT2D eigenvalue weighted by molar-refractivity contribution is 7.89. The average molecular weight is 367 g/mol. The number of amidine groups is 1. The third kappa shape index (κ3) is 4.31. The Bertz CT molecular complexity index is 768. The number of carbonyl (C=O) groups excluding carboxylic acids is 1. The van der Waals surface area contributed by atoms with Crippen LogP contribution in [0, 0.1) is 5.92 Å². The minimum Gasteiger partial charge on any atom is -0.492 e. The lowest BCUT2D eigenvalue weighted by Gasteiger charge is -2.39. The Kier molecular flexibility index (Phi) is 6.05. The van der Waals surface area contributed by atoms with E-state index >= 15 is 0 Å². The van der Waals surface area contributed by atoms with Gasteiger partial charge in [-0.1, -0.05) is 32.9 Å². The summed E-state index contributed by atoms with van der Waals surface area (Å²) in [6.45, 7) is 7.70. The summed E-state index contributed by atoms with van der Waals surface area (Å²) < 4.78 is 32.7. The van der Waals surface area contributed by atoms with Crippen LogP contribution in [0.5, 0.6) is 5.75 Å². The van der Waals surface area contributed by atoms with Gasteiger partial charge in [-0.25, -0.2) is 8.42 Å². The number of hydrogen-bond donors (Lipinski definition) is 1. The first-order valence-corrected chi connectivity index (χ1v) is 10.1. The quantitative estimate of drug-likeness (QED) is 0.869. The lowest BCUT2D eigenvalue weighted by molar-refractivity contribution is -0.137. The molecule has 0 aromatic heterocycles. The molecular formula is C17H25N3O4S. The van der Waals surface area contributed by atoms with E-state index in [9.17, 15) is 13.2 Å². The molecule has 1 fully saturated rings. The van der Waals surface area contributed by atoms with E-state index in [0.29, 0.717) is 43.0 Å². The van der Waals surface area contributed by atoms with Gasteiger partial charge in [0.1, 0.15) is 11.6 Å². The molecule has 0 atom stereocenters. The molecule has 2 N–H and O–H groups in total. The molecule has 2 aliphatic rings. The molecule has 2 aliphatic heterocycles. The van der Waals surface area contributed by atoms with Gasteiger partial charge < -0.3 is 15.4 Å². The second-order valence-corrected chi connectivity index (χ2v) is 7.46. The summed E-state index contributed by atoms with van der Waals surface area (Å²) in [4.78, 5) is 13.3. The number of amides is 1. The fraction of sp³-hybridized carbons (Fsp3) is 0.529. The number of sulfonamides is 1. The summed E-state index contributed by atoms with van der Waals surface area (Å²) in [7, 11) is -3.54. The lowest BCUT2D eigenvalue weighted by Crippen LogP contribution is -2.51. The van der Waals surface area contributed by atoms with Gasteiger partial charge in [-0.15, -0.1) is 4.40 Å². The van der Waals surface area contributed by atoms with Crippen LogP contribution < -0.4 is 10.5 Å². The Hall–Kier alpha value is -2.09. The highest BCUT2D eigenvalue weighted by Crippen LogP contribution is 2.29. The zero-order valence-corrected chi connectivity index (χ0v) is 15.7. The Morgan fingerprint density at radius 3 is 2.68 bits per heavy atom. The number of rotatable bonds is 4. The number of fused-ring (bicyclic) bond motifs is 1. The molecule has 0 bridgehead atoms. The van der Waals surface area contributed by atoms with Crippen LogP contribution in [-0.4, -0.2) is 44.8 Å². The van der Waals surface area contributed by atoms with Crippen molar-refractivity contribution in [2.45, 2.75) is 32.9 Å². The van der Waals surface area contributed by atoms with E-state index in [4.69, 9.17) is 10.5 Å². The van der Waals surface area contributed by atoms with Crippen LogP contribution in [0.2, 0.25) is 0 Å². The average Bonchev–Trinajstić information content (AvgIpc) is 2.53. The van der Waals surface area contributed by atoms with Gasteiger partial charge in [-0.2, -0.15) is 0 Å². The van der Waals surface area contributed by atoms with Crippen LogP contribution in [0.1, 0.15) is 38.3 Å². The Morgan fingerprint density at radius 2 is 2.04 bits per heavy atom. The molecule has 25 heavy (non-hydrogen) atoms. The van der Waals surface area contributed by atoms with Gasteiger partial charge in [-0.3, -0.25) is 4.79 Å². The van der Waals surface area contributed by atoms with Gasteiger partial charge in [0, 0.05) is 25.4 Å². The van der Waals surface area contributed by atoms with Crippen LogP contribution in [0.3, 0.4) is 0 Å². The first-order valence-electron chi connectivity index (χ1n) is 8.50. The molecule has 7 nitrogen and oxygen atoms in total.